The van der Waals surface area contributed by atoms with Crippen LogP contribution in [0, 0.1) is 0 Å². The summed E-state index contributed by atoms with van der Waals surface area (Å²) in [5.41, 5.74) is 5.78. The number of primary amides is 1. The lowest BCUT2D eigenvalue weighted by atomic mass is 10.1. The van der Waals surface area contributed by atoms with Crippen molar-refractivity contribution in [1.82, 2.24) is 24.7 Å². The summed E-state index contributed by atoms with van der Waals surface area (Å²) in [5, 5.41) is 4.15. The van der Waals surface area contributed by atoms with Crippen LogP contribution in [0.15, 0.2) is 97.6 Å². The van der Waals surface area contributed by atoms with E-state index in [1.165, 1.54) is 59.9 Å². The van der Waals surface area contributed by atoms with Crippen molar-refractivity contribution >= 4 is 17.6 Å². The summed E-state index contributed by atoms with van der Waals surface area (Å²) in [6.45, 7) is 0.00749. The van der Waals surface area contributed by atoms with Crippen LogP contribution in [0.4, 0.5) is 19.0 Å². The van der Waals surface area contributed by atoms with Gasteiger partial charge in [0.2, 0.25) is 5.91 Å². The summed E-state index contributed by atoms with van der Waals surface area (Å²) in [4.78, 5) is 39.0. The van der Waals surface area contributed by atoms with Gasteiger partial charge in [-0.05, 0) is 60.7 Å². The maximum absolute atomic E-state index is 13.9. The van der Waals surface area contributed by atoms with E-state index in [-0.39, 0.29) is 34.9 Å². The Hall–Kier alpha value is -5.39. The fraction of sp³-hybridized carbons (Fsp3) is 0.0714. The predicted molar refractivity (Wildman–Crippen MR) is 139 cm³/mol. The third kappa shape index (κ3) is 5.55. The number of carbonyl (C=O) groups excluding carboxylic acids is 2. The first-order valence-corrected chi connectivity index (χ1v) is 11.9. The van der Waals surface area contributed by atoms with E-state index < -0.39 is 23.7 Å². The molecule has 5 aromatic rings. The van der Waals surface area contributed by atoms with Crippen molar-refractivity contribution in [3.8, 4) is 16.9 Å². The minimum Gasteiger partial charge on any atom is -0.366 e. The van der Waals surface area contributed by atoms with E-state index in [1.807, 2.05) is 0 Å². The number of hydrogen-bond acceptors (Lipinski definition) is 6. The highest BCUT2D eigenvalue weighted by Crippen LogP contribution is 2.34. The number of carbonyl (C=O) groups is 2. The predicted octanol–water partition coefficient (Wildman–Crippen LogP) is 4.69. The molecular formula is C28H20F3N7O2. The molecule has 0 radical (unpaired) electrons. The molecule has 0 atom stereocenters. The van der Waals surface area contributed by atoms with Crippen LogP contribution in [0.2, 0.25) is 0 Å². The first-order chi connectivity index (χ1) is 19.2. The van der Waals surface area contributed by atoms with Crippen LogP contribution in [0.25, 0.3) is 16.9 Å². The minimum atomic E-state index is -4.70. The third-order valence-electron chi connectivity index (χ3n) is 5.90. The molecule has 0 bridgehead atoms. The molecule has 12 heteroatoms. The molecule has 4 aromatic heterocycles. The van der Waals surface area contributed by atoms with E-state index in [1.54, 1.807) is 36.5 Å². The highest BCUT2D eigenvalue weighted by molar-refractivity contribution is 6.07. The smallest absolute Gasteiger partial charge is 0.366 e. The van der Waals surface area contributed by atoms with E-state index in [4.69, 9.17) is 5.73 Å². The van der Waals surface area contributed by atoms with Crippen LogP contribution in [0.3, 0.4) is 0 Å². The number of pyridine rings is 3. The van der Waals surface area contributed by atoms with Crippen molar-refractivity contribution in [3.63, 3.8) is 0 Å². The first kappa shape index (κ1) is 26.2. The highest BCUT2D eigenvalue weighted by Gasteiger charge is 2.36. The number of hydrogen-bond donors (Lipinski definition) is 1. The van der Waals surface area contributed by atoms with Gasteiger partial charge >= 0.3 is 6.18 Å². The molecule has 0 unspecified atom stereocenters. The Morgan fingerprint density at radius 3 is 2.35 bits per heavy atom. The Morgan fingerprint density at radius 2 is 1.70 bits per heavy atom. The number of nitrogens with zero attached hydrogens (tertiary/aromatic N) is 6. The fourth-order valence-electron chi connectivity index (χ4n) is 3.97. The molecule has 0 saturated heterocycles. The number of halogens is 3. The van der Waals surface area contributed by atoms with Gasteiger partial charge in [0.1, 0.15) is 11.5 Å². The van der Waals surface area contributed by atoms with Gasteiger partial charge in [-0.15, -0.1) is 0 Å². The monoisotopic (exact) mass is 543 g/mol. The van der Waals surface area contributed by atoms with Crippen molar-refractivity contribution in [2.24, 2.45) is 5.73 Å². The van der Waals surface area contributed by atoms with Gasteiger partial charge in [-0.3, -0.25) is 24.5 Å². The Labute approximate surface area is 225 Å². The molecule has 5 rings (SSSR count). The third-order valence-corrected chi connectivity index (χ3v) is 5.90. The number of aromatic nitrogens is 5. The standard InChI is InChI=1S/C28H20F3N7O2/c29-28(30,31)24-14-23(20-7-4-11-33-15-20)36-38(24)22-9-10-25(35-16-22)37(17-21-8-1-2-12-34-21)27(40)19-6-3-5-18(13-19)26(32)39/h1-16H,17H2,(H2,32,39). The number of anilines is 1. The van der Waals surface area contributed by atoms with E-state index >= 15 is 0 Å². The van der Waals surface area contributed by atoms with E-state index in [0.717, 1.165) is 10.7 Å². The average Bonchev–Trinajstić information content (AvgIpc) is 3.43. The normalized spacial score (nSPS) is 11.3. The molecule has 0 saturated carbocycles. The number of rotatable bonds is 7. The zero-order chi connectivity index (χ0) is 28.3. The molecule has 2 N–H and O–H groups in total. The molecule has 1 aromatic carbocycles. The Bertz CT molecular complexity index is 1660. The number of amides is 2. The molecule has 0 spiro atoms. The van der Waals surface area contributed by atoms with Crippen molar-refractivity contribution in [2.75, 3.05) is 4.90 Å². The molecule has 0 fully saturated rings. The van der Waals surface area contributed by atoms with E-state index in [9.17, 15) is 22.8 Å². The second kappa shape index (κ2) is 10.8. The maximum atomic E-state index is 13.9. The maximum Gasteiger partial charge on any atom is 0.433 e. The van der Waals surface area contributed by atoms with Crippen molar-refractivity contribution < 1.29 is 22.8 Å². The second-order valence-corrected chi connectivity index (χ2v) is 8.60. The molecule has 0 aliphatic heterocycles. The average molecular weight is 544 g/mol. The van der Waals surface area contributed by atoms with Gasteiger partial charge in [-0.2, -0.15) is 18.3 Å². The fourth-order valence-corrected chi connectivity index (χ4v) is 3.97. The quantitative estimate of drug-likeness (QED) is 0.318. The zero-order valence-corrected chi connectivity index (χ0v) is 20.7. The molecule has 2 amide bonds. The highest BCUT2D eigenvalue weighted by atomic mass is 19.4. The summed E-state index contributed by atoms with van der Waals surface area (Å²) < 4.78 is 42.5. The summed E-state index contributed by atoms with van der Waals surface area (Å²) in [7, 11) is 0. The van der Waals surface area contributed by atoms with E-state index in [2.05, 4.69) is 20.1 Å². The van der Waals surface area contributed by atoms with E-state index in [0.29, 0.717) is 11.3 Å². The number of benzene rings is 1. The zero-order valence-electron chi connectivity index (χ0n) is 20.7. The van der Waals surface area contributed by atoms with Crippen molar-refractivity contribution in [3.05, 3.63) is 120 Å². The second-order valence-electron chi connectivity index (χ2n) is 8.60. The molecule has 0 aliphatic carbocycles. The van der Waals surface area contributed by atoms with Crippen LogP contribution in [-0.2, 0) is 12.7 Å². The van der Waals surface area contributed by atoms with Crippen LogP contribution >= 0.6 is 0 Å². The number of nitrogens with two attached hydrogens (primary N) is 1. The molecule has 40 heavy (non-hydrogen) atoms. The lowest BCUT2D eigenvalue weighted by molar-refractivity contribution is -0.142. The van der Waals surface area contributed by atoms with Crippen molar-refractivity contribution in [2.45, 2.75) is 12.7 Å². The molecular weight excluding hydrogens is 523 g/mol. The molecule has 9 nitrogen and oxygen atoms in total. The van der Waals surface area contributed by atoms with Gasteiger partial charge in [0.05, 0.1) is 29.8 Å². The summed E-state index contributed by atoms with van der Waals surface area (Å²) in [5.74, 6) is -1.06. The summed E-state index contributed by atoms with van der Waals surface area (Å²) >= 11 is 0. The van der Waals surface area contributed by atoms with Crippen molar-refractivity contribution in [1.29, 1.82) is 0 Å². The van der Waals surface area contributed by atoms with Crippen LogP contribution < -0.4 is 10.6 Å². The number of alkyl halides is 3. The molecule has 4 heterocycles. The lowest BCUT2D eigenvalue weighted by Crippen LogP contribution is -2.31. The Balaban J connectivity index is 1.53. The first-order valence-electron chi connectivity index (χ1n) is 11.9. The lowest BCUT2D eigenvalue weighted by Gasteiger charge is -2.22. The summed E-state index contributed by atoms with van der Waals surface area (Å²) in [6, 6.07) is 18.0. The minimum absolute atomic E-state index is 0.00749. The SMILES string of the molecule is NC(=O)c1cccc(C(=O)N(Cc2ccccn2)c2ccc(-n3nc(-c4cccnc4)cc3C(F)(F)F)cn2)c1. The van der Waals surface area contributed by atoms with Crippen LogP contribution in [0.1, 0.15) is 32.1 Å². The molecule has 200 valence electrons. The van der Waals surface area contributed by atoms with Gasteiger partial charge in [-0.1, -0.05) is 12.1 Å². The largest absolute Gasteiger partial charge is 0.433 e. The molecule has 0 aliphatic rings. The van der Waals surface area contributed by atoms with Gasteiger partial charge in [0, 0.05) is 35.3 Å². The van der Waals surface area contributed by atoms with Gasteiger partial charge in [0.25, 0.3) is 5.91 Å². The summed E-state index contributed by atoms with van der Waals surface area (Å²) in [6.07, 6.45) is 0.999. The van der Waals surface area contributed by atoms with Gasteiger partial charge in [-0.25, -0.2) is 9.67 Å². The van der Waals surface area contributed by atoms with Crippen LogP contribution in [0.5, 0.6) is 0 Å². The Morgan fingerprint density at radius 1 is 0.875 bits per heavy atom. The topological polar surface area (TPSA) is 120 Å². The van der Waals surface area contributed by atoms with Crippen LogP contribution in [-0.4, -0.2) is 36.5 Å². The van der Waals surface area contributed by atoms with Gasteiger partial charge in [0.15, 0.2) is 0 Å². The Kier molecular flexibility index (Phi) is 7.06. The van der Waals surface area contributed by atoms with Gasteiger partial charge < -0.3 is 5.73 Å².